The minimum Gasteiger partial charge on any atom is -0.465 e. The molecule has 0 radical (unpaired) electrons. The number of Topliss-reactive ketones (excluding diaryl/α,β-unsaturated/α-hetero) is 2. The quantitative estimate of drug-likeness (QED) is 0.210. The van der Waals surface area contributed by atoms with Crippen LogP contribution in [0.1, 0.15) is 33.6 Å². The normalized spacial score (nSPS) is 15.6. The van der Waals surface area contributed by atoms with Gasteiger partial charge in [-0.3, -0.25) is 14.4 Å². The Balaban J connectivity index is 5.61. The van der Waals surface area contributed by atoms with Crippen molar-refractivity contribution in [1.29, 1.82) is 0 Å². The van der Waals surface area contributed by atoms with E-state index >= 15 is 0 Å². The Morgan fingerprint density at radius 2 is 1.64 bits per heavy atom. The average molecular weight is 344 g/mol. The minimum atomic E-state index is -1.16. The molecule has 0 aliphatic carbocycles. The third-order valence-electron chi connectivity index (χ3n) is 3.10. The fourth-order valence-electron chi connectivity index (χ4n) is 1.71. The summed E-state index contributed by atoms with van der Waals surface area (Å²) in [4.78, 5) is 36.5. The summed E-state index contributed by atoms with van der Waals surface area (Å²) in [6.45, 7) is 9.00. The molecule has 0 saturated carbocycles. The largest absolute Gasteiger partial charge is 0.465 e. The first kappa shape index (κ1) is 21.0. The monoisotopic (exact) mass is 344 g/mol. The lowest BCUT2D eigenvalue weighted by Crippen LogP contribution is -2.31. The van der Waals surface area contributed by atoms with Crippen LogP contribution in [0, 0.1) is 5.92 Å². The Hall–Kier alpha value is -1.01. The van der Waals surface area contributed by atoms with Gasteiger partial charge in [-0.15, -0.1) is 0 Å². The van der Waals surface area contributed by atoms with E-state index in [9.17, 15) is 14.4 Å². The smallest absolute Gasteiger partial charge is 0.320 e. The van der Waals surface area contributed by atoms with Crippen LogP contribution < -0.4 is 0 Å². The van der Waals surface area contributed by atoms with Gasteiger partial charge >= 0.3 is 5.97 Å². The topological polar surface area (TPSA) is 60.4 Å². The molecule has 0 aliphatic rings. The highest BCUT2D eigenvalue weighted by Gasteiger charge is 2.31. The number of thiol groups is 2. The zero-order chi connectivity index (χ0) is 17.3. The summed E-state index contributed by atoms with van der Waals surface area (Å²) < 4.78 is 4.93. The molecule has 4 nitrogen and oxygen atoms in total. The van der Waals surface area contributed by atoms with Crippen molar-refractivity contribution in [3.8, 4) is 0 Å². The molecule has 0 amide bonds. The fraction of sp³-hybridized carbons (Fsp3) is 0.562. The van der Waals surface area contributed by atoms with Crippen LogP contribution in [0.25, 0.3) is 0 Å². The van der Waals surface area contributed by atoms with Gasteiger partial charge in [-0.1, -0.05) is 32.6 Å². The lowest BCUT2D eigenvalue weighted by Gasteiger charge is -2.16. The summed E-state index contributed by atoms with van der Waals surface area (Å²) in [5.74, 6) is -2.49. The maximum absolute atomic E-state index is 12.3. The molecule has 0 heterocycles. The number of carbonyl (C=O) groups is 3. The van der Waals surface area contributed by atoms with Gasteiger partial charge in [-0.25, -0.2) is 0 Å². The van der Waals surface area contributed by atoms with E-state index in [0.29, 0.717) is 12.8 Å². The minimum absolute atomic E-state index is 0.154. The Morgan fingerprint density at radius 3 is 2.05 bits per heavy atom. The summed E-state index contributed by atoms with van der Waals surface area (Å²) in [5.41, 5.74) is 0.199. The molecule has 3 unspecified atom stereocenters. The summed E-state index contributed by atoms with van der Waals surface area (Å²) >= 11 is 8.37. The number of allylic oxidation sites excluding steroid dienone is 2. The first-order chi connectivity index (χ1) is 10.3. The SMILES string of the molecule is C=CC(=CC(C(=O)OCC)C(=O)C(S)CC)C(=O)C(S)CC. The highest BCUT2D eigenvalue weighted by molar-refractivity contribution is 7.82. The number of carbonyl (C=O) groups excluding carboxylic acids is 3. The molecule has 0 aromatic carbocycles. The molecular formula is C16H24O4S2. The Labute approximate surface area is 143 Å². The van der Waals surface area contributed by atoms with Crippen LogP contribution in [-0.2, 0) is 19.1 Å². The third-order valence-corrected chi connectivity index (χ3v) is 4.32. The molecule has 0 spiro atoms. The summed E-state index contributed by atoms with van der Waals surface area (Å²) in [6, 6.07) is 0. The van der Waals surface area contributed by atoms with E-state index in [1.54, 1.807) is 13.8 Å². The van der Waals surface area contributed by atoms with E-state index in [-0.39, 0.29) is 23.7 Å². The van der Waals surface area contributed by atoms with Crippen molar-refractivity contribution in [2.45, 2.75) is 44.1 Å². The van der Waals surface area contributed by atoms with Crippen molar-refractivity contribution >= 4 is 42.8 Å². The van der Waals surface area contributed by atoms with Gasteiger partial charge < -0.3 is 4.74 Å². The molecule has 0 aromatic heterocycles. The Kier molecular flexibility index (Phi) is 10.2. The van der Waals surface area contributed by atoms with Crippen molar-refractivity contribution in [3.05, 3.63) is 24.3 Å². The lowest BCUT2D eigenvalue weighted by molar-refractivity contribution is -0.149. The maximum atomic E-state index is 12.3. The molecule has 0 aromatic rings. The Bertz CT molecular complexity index is 457. The molecule has 3 atom stereocenters. The second kappa shape index (κ2) is 10.7. The standard InChI is InChI=1S/C16H24O4S2/c1-5-10(14(17)12(21)6-2)9-11(16(19)20-8-4)15(18)13(22)7-3/h5,9,11-13,21-22H,1,6-8H2,2-4H3. The highest BCUT2D eigenvalue weighted by Crippen LogP contribution is 2.18. The predicted octanol–water partition coefficient (Wildman–Crippen LogP) is 2.83. The molecule has 0 fully saturated rings. The van der Waals surface area contributed by atoms with Gasteiger partial charge in [0.25, 0.3) is 0 Å². The molecule has 0 rings (SSSR count). The van der Waals surface area contributed by atoms with Crippen molar-refractivity contribution in [1.82, 2.24) is 0 Å². The van der Waals surface area contributed by atoms with Crippen LogP contribution in [0.2, 0.25) is 0 Å². The maximum Gasteiger partial charge on any atom is 0.320 e. The number of ketones is 2. The summed E-state index contributed by atoms with van der Waals surface area (Å²) in [5, 5.41) is -1.09. The van der Waals surface area contributed by atoms with Gasteiger partial charge in [0.05, 0.1) is 17.1 Å². The van der Waals surface area contributed by atoms with Crippen molar-refractivity contribution in [3.63, 3.8) is 0 Å². The summed E-state index contributed by atoms with van der Waals surface area (Å²) in [6.07, 6.45) is 3.66. The zero-order valence-electron chi connectivity index (χ0n) is 13.2. The van der Waals surface area contributed by atoms with Gasteiger partial charge in [-0.05, 0) is 19.8 Å². The Morgan fingerprint density at radius 1 is 1.09 bits per heavy atom. The highest BCUT2D eigenvalue weighted by atomic mass is 32.1. The third kappa shape index (κ3) is 6.01. The molecule has 6 heteroatoms. The second-order valence-electron chi connectivity index (χ2n) is 4.67. The number of rotatable bonds is 10. The molecule has 0 bridgehead atoms. The van der Waals surface area contributed by atoms with Crippen LogP contribution >= 0.6 is 25.3 Å². The van der Waals surface area contributed by atoms with Gasteiger partial charge in [0, 0.05) is 5.57 Å². The number of ether oxygens (including phenoxy) is 1. The fourth-order valence-corrected chi connectivity index (χ4v) is 2.02. The molecule has 0 saturated heterocycles. The average Bonchev–Trinajstić information content (AvgIpc) is 2.53. The van der Waals surface area contributed by atoms with E-state index in [1.807, 2.05) is 6.92 Å². The van der Waals surface area contributed by atoms with E-state index in [1.165, 1.54) is 12.2 Å². The van der Waals surface area contributed by atoms with E-state index in [4.69, 9.17) is 4.74 Å². The van der Waals surface area contributed by atoms with Gasteiger partial charge in [0.1, 0.15) is 5.92 Å². The first-order valence-corrected chi connectivity index (χ1v) is 8.32. The van der Waals surface area contributed by atoms with E-state index in [2.05, 4.69) is 31.8 Å². The summed E-state index contributed by atoms with van der Waals surface area (Å²) in [7, 11) is 0. The molecule has 0 N–H and O–H groups in total. The molecular weight excluding hydrogens is 320 g/mol. The van der Waals surface area contributed by atoms with Crippen LogP contribution in [-0.4, -0.2) is 34.6 Å². The van der Waals surface area contributed by atoms with Gasteiger partial charge in [0.2, 0.25) is 0 Å². The van der Waals surface area contributed by atoms with Crippen molar-refractivity contribution in [2.24, 2.45) is 5.92 Å². The van der Waals surface area contributed by atoms with Crippen molar-refractivity contribution < 1.29 is 19.1 Å². The zero-order valence-corrected chi connectivity index (χ0v) is 15.0. The molecule has 124 valence electrons. The first-order valence-electron chi connectivity index (χ1n) is 7.28. The van der Waals surface area contributed by atoms with Crippen LogP contribution in [0.15, 0.2) is 24.3 Å². The van der Waals surface area contributed by atoms with E-state index < -0.39 is 22.4 Å². The van der Waals surface area contributed by atoms with Crippen LogP contribution in [0.4, 0.5) is 0 Å². The number of hydrogen-bond donors (Lipinski definition) is 2. The molecule has 0 aliphatic heterocycles. The number of esters is 1. The van der Waals surface area contributed by atoms with Crippen LogP contribution in [0.5, 0.6) is 0 Å². The van der Waals surface area contributed by atoms with Gasteiger partial charge in [0.15, 0.2) is 11.6 Å². The van der Waals surface area contributed by atoms with Gasteiger partial charge in [-0.2, -0.15) is 25.3 Å². The van der Waals surface area contributed by atoms with Crippen LogP contribution in [0.3, 0.4) is 0 Å². The van der Waals surface area contributed by atoms with E-state index in [0.717, 1.165) is 0 Å². The number of hydrogen-bond acceptors (Lipinski definition) is 6. The molecule has 22 heavy (non-hydrogen) atoms. The lowest BCUT2D eigenvalue weighted by atomic mass is 9.94. The second-order valence-corrected chi connectivity index (χ2v) is 5.92. The van der Waals surface area contributed by atoms with Crippen molar-refractivity contribution in [2.75, 3.05) is 6.61 Å². The predicted molar refractivity (Wildman–Crippen MR) is 94.5 cm³/mol.